The lowest BCUT2D eigenvalue weighted by Gasteiger charge is -2.16. The van der Waals surface area contributed by atoms with Crippen molar-refractivity contribution in [1.29, 1.82) is 0 Å². The molecular formula is C18H23FN2. The molecule has 1 aromatic carbocycles. The number of hydrogen-bond donors (Lipinski definition) is 1. The van der Waals surface area contributed by atoms with Crippen LogP contribution in [0.2, 0.25) is 0 Å². The zero-order valence-electron chi connectivity index (χ0n) is 12.6. The zero-order chi connectivity index (χ0) is 14.7. The second kappa shape index (κ2) is 6.44. The fraction of sp³-hybridized carbons (Fsp3) is 0.444. The summed E-state index contributed by atoms with van der Waals surface area (Å²) in [6.45, 7) is 3.99. The third-order valence-corrected chi connectivity index (χ3v) is 4.09. The van der Waals surface area contributed by atoms with E-state index in [0.717, 1.165) is 31.0 Å². The molecule has 2 nitrogen and oxygen atoms in total. The summed E-state index contributed by atoms with van der Waals surface area (Å²) >= 11 is 0. The molecule has 1 aliphatic carbocycles. The van der Waals surface area contributed by atoms with Crippen LogP contribution in [-0.4, -0.2) is 11.1 Å². The smallest absolute Gasteiger partial charge is 0.123 e. The molecule has 0 amide bonds. The first-order valence-electron chi connectivity index (χ1n) is 7.90. The normalized spacial score (nSPS) is 16.1. The van der Waals surface area contributed by atoms with Gasteiger partial charge < -0.3 is 9.88 Å². The molecule has 0 spiro atoms. The molecule has 3 rings (SSSR count). The van der Waals surface area contributed by atoms with Crippen molar-refractivity contribution in [2.24, 2.45) is 5.92 Å². The molecule has 1 N–H and O–H groups in total. The lowest BCUT2D eigenvalue weighted by atomic mass is 10.1. The van der Waals surface area contributed by atoms with E-state index >= 15 is 0 Å². The van der Waals surface area contributed by atoms with Crippen molar-refractivity contribution in [3.63, 3.8) is 0 Å². The third-order valence-electron chi connectivity index (χ3n) is 4.09. The van der Waals surface area contributed by atoms with Crippen LogP contribution >= 0.6 is 0 Å². The van der Waals surface area contributed by atoms with E-state index in [1.54, 1.807) is 12.1 Å². The SMILES string of the molecule is CCCNC(c1ccn(Cc2cccc(F)c2)c1)C1CC1. The maximum absolute atomic E-state index is 13.2. The first kappa shape index (κ1) is 14.3. The molecule has 0 saturated heterocycles. The van der Waals surface area contributed by atoms with Gasteiger partial charge in [0.2, 0.25) is 0 Å². The predicted molar refractivity (Wildman–Crippen MR) is 83.7 cm³/mol. The second-order valence-corrected chi connectivity index (χ2v) is 6.02. The van der Waals surface area contributed by atoms with Crippen molar-refractivity contribution in [2.75, 3.05) is 6.54 Å². The molecular weight excluding hydrogens is 263 g/mol. The van der Waals surface area contributed by atoms with E-state index in [4.69, 9.17) is 0 Å². The Morgan fingerprint density at radius 1 is 1.33 bits per heavy atom. The van der Waals surface area contributed by atoms with Crippen LogP contribution in [0.4, 0.5) is 4.39 Å². The molecule has 1 aliphatic rings. The Morgan fingerprint density at radius 3 is 2.90 bits per heavy atom. The lowest BCUT2D eigenvalue weighted by molar-refractivity contribution is 0.480. The van der Waals surface area contributed by atoms with Gasteiger partial charge in [0.05, 0.1) is 0 Å². The van der Waals surface area contributed by atoms with Gasteiger partial charge in [0.15, 0.2) is 0 Å². The fourth-order valence-corrected chi connectivity index (χ4v) is 2.87. The third kappa shape index (κ3) is 3.73. The Bertz CT molecular complexity index is 586. The highest BCUT2D eigenvalue weighted by atomic mass is 19.1. The molecule has 3 heteroatoms. The summed E-state index contributed by atoms with van der Waals surface area (Å²) in [5, 5.41) is 3.66. The highest BCUT2D eigenvalue weighted by Gasteiger charge is 2.32. The van der Waals surface area contributed by atoms with E-state index < -0.39 is 0 Å². The summed E-state index contributed by atoms with van der Waals surface area (Å²) in [6.07, 6.45) is 8.12. The summed E-state index contributed by atoms with van der Waals surface area (Å²) in [6, 6.07) is 9.51. The zero-order valence-corrected chi connectivity index (χ0v) is 12.6. The van der Waals surface area contributed by atoms with Crippen LogP contribution in [0.25, 0.3) is 0 Å². The van der Waals surface area contributed by atoms with Gasteiger partial charge >= 0.3 is 0 Å². The van der Waals surface area contributed by atoms with Gasteiger partial charge in [-0.1, -0.05) is 19.1 Å². The van der Waals surface area contributed by atoms with Crippen LogP contribution in [0.5, 0.6) is 0 Å². The lowest BCUT2D eigenvalue weighted by Crippen LogP contribution is -2.23. The minimum Gasteiger partial charge on any atom is -0.350 e. The Morgan fingerprint density at radius 2 is 2.19 bits per heavy atom. The minimum atomic E-state index is -0.166. The number of nitrogens with one attached hydrogen (secondary N) is 1. The Kier molecular flexibility index (Phi) is 4.39. The minimum absolute atomic E-state index is 0.166. The maximum atomic E-state index is 13.2. The quantitative estimate of drug-likeness (QED) is 0.810. The number of halogens is 1. The number of benzene rings is 1. The van der Waals surface area contributed by atoms with Crippen LogP contribution in [0, 0.1) is 11.7 Å². The Balaban J connectivity index is 1.70. The van der Waals surface area contributed by atoms with Gasteiger partial charge in [-0.3, -0.25) is 0 Å². The molecule has 2 aromatic rings. The largest absolute Gasteiger partial charge is 0.350 e. The van der Waals surface area contributed by atoms with Crippen LogP contribution in [0.15, 0.2) is 42.7 Å². The molecule has 1 aromatic heterocycles. The monoisotopic (exact) mass is 286 g/mol. The number of nitrogens with zero attached hydrogens (tertiary/aromatic N) is 1. The van der Waals surface area contributed by atoms with Crippen LogP contribution in [0.1, 0.15) is 43.4 Å². The first-order chi connectivity index (χ1) is 10.3. The Labute approximate surface area is 126 Å². The highest BCUT2D eigenvalue weighted by molar-refractivity contribution is 5.21. The van der Waals surface area contributed by atoms with E-state index in [9.17, 15) is 4.39 Å². The molecule has 0 radical (unpaired) electrons. The van der Waals surface area contributed by atoms with Crippen molar-refractivity contribution >= 4 is 0 Å². The van der Waals surface area contributed by atoms with Crippen molar-refractivity contribution in [3.8, 4) is 0 Å². The van der Waals surface area contributed by atoms with Gasteiger partial charge in [-0.15, -0.1) is 0 Å². The van der Waals surface area contributed by atoms with Gasteiger partial charge in [-0.25, -0.2) is 4.39 Å². The van der Waals surface area contributed by atoms with Gasteiger partial charge in [0.1, 0.15) is 5.82 Å². The Hall–Kier alpha value is -1.61. The van der Waals surface area contributed by atoms with Crippen LogP contribution < -0.4 is 5.32 Å². The number of aromatic nitrogens is 1. The van der Waals surface area contributed by atoms with Gasteiger partial charge in [-0.2, -0.15) is 0 Å². The summed E-state index contributed by atoms with van der Waals surface area (Å²) in [5.41, 5.74) is 2.36. The molecule has 1 fully saturated rings. The molecule has 1 saturated carbocycles. The van der Waals surface area contributed by atoms with E-state index in [2.05, 4.69) is 35.3 Å². The predicted octanol–water partition coefficient (Wildman–Crippen LogP) is 4.13. The molecule has 21 heavy (non-hydrogen) atoms. The maximum Gasteiger partial charge on any atom is 0.123 e. The first-order valence-corrected chi connectivity index (χ1v) is 7.90. The molecule has 112 valence electrons. The molecule has 0 bridgehead atoms. The average molecular weight is 286 g/mol. The number of hydrogen-bond acceptors (Lipinski definition) is 1. The van der Waals surface area contributed by atoms with Crippen molar-refractivity contribution < 1.29 is 4.39 Å². The van der Waals surface area contributed by atoms with Crippen molar-refractivity contribution in [3.05, 3.63) is 59.7 Å². The van der Waals surface area contributed by atoms with Crippen molar-refractivity contribution in [1.82, 2.24) is 9.88 Å². The van der Waals surface area contributed by atoms with Crippen LogP contribution in [0.3, 0.4) is 0 Å². The van der Waals surface area contributed by atoms with Gasteiger partial charge in [-0.05, 0) is 61.1 Å². The summed E-state index contributed by atoms with van der Waals surface area (Å²) < 4.78 is 15.4. The van der Waals surface area contributed by atoms with Gasteiger partial charge in [0.25, 0.3) is 0 Å². The van der Waals surface area contributed by atoms with Gasteiger partial charge in [0, 0.05) is 25.0 Å². The molecule has 1 unspecified atom stereocenters. The number of rotatable bonds is 7. The van der Waals surface area contributed by atoms with E-state index in [-0.39, 0.29) is 5.82 Å². The summed E-state index contributed by atoms with van der Waals surface area (Å²) in [4.78, 5) is 0. The van der Waals surface area contributed by atoms with Crippen LogP contribution in [-0.2, 0) is 6.54 Å². The van der Waals surface area contributed by atoms with Crippen molar-refractivity contribution in [2.45, 2.75) is 38.8 Å². The fourth-order valence-electron chi connectivity index (χ4n) is 2.87. The average Bonchev–Trinajstić information content (AvgIpc) is 3.20. The van der Waals surface area contributed by atoms with E-state index in [1.165, 1.54) is 24.5 Å². The molecule has 1 atom stereocenters. The standard InChI is InChI=1S/C18H23FN2/c1-2-9-20-18(15-6-7-15)16-8-10-21(13-16)12-14-4-3-5-17(19)11-14/h3-5,8,10-11,13,15,18,20H,2,6-7,9,12H2,1H3. The topological polar surface area (TPSA) is 17.0 Å². The summed E-state index contributed by atoms with van der Waals surface area (Å²) in [7, 11) is 0. The molecule has 0 aliphatic heterocycles. The van der Waals surface area contributed by atoms with E-state index in [1.807, 2.05) is 6.07 Å². The van der Waals surface area contributed by atoms with E-state index in [0.29, 0.717) is 6.04 Å². The highest BCUT2D eigenvalue weighted by Crippen LogP contribution is 2.41. The second-order valence-electron chi connectivity index (χ2n) is 6.02. The molecule has 1 heterocycles. The summed E-state index contributed by atoms with van der Waals surface area (Å²) in [5.74, 6) is 0.627.